The lowest BCUT2D eigenvalue weighted by molar-refractivity contribution is -0.167. The van der Waals surface area contributed by atoms with Crippen LogP contribution in [0.25, 0.3) is 0 Å². The van der Waals surface area contributed by atoms with E-state index in [1.165, 1.54) is 231 Å². The van der Waals surface area contributed by atoms with Crippen LogP contribution in [0.3, 0.4) is 0 Å². The Hall–Kier alpha value is -1.85. The first kappa shape index (κ1) is 63.1. The molecule has 0 bridgehead atoms. The highest BCUT2D eigenvalue weighted by molar-refractivity contribution is 5.71. The number of allylic oxidation sites excluding steroid dienone is 2. The first-order valence-electron chi connectivity index (χ1n) is 29.2. The molecule has 0 saturated heterocycles. The van der Waals surface area contributed by atoms with Crippen molar-refractivity contribution >= 4 is 17.9 Å². The fourth-order valence-corrected chi connectivity index (χ4v) is 8.85. The smallest absolute Gasteiger partial charge is 0.306 e. The number of hydrogen-bond acceptors (Lipinski definition) is 6. The standard InChI is InChI=1S/C59H112O6/c1-4-7-10-13-16-19-22-25-28-29-30-31-32-35-37-40-43-46-49-52-58(61)64-55-56(65-59(62)53-50-47-44-41-38-34-27-24-21-18-15-12-9-6-3)54-63-57(60)51-48-45-42-39-36-33-26-23-20-17-14-11-8-5-2/h29-30,56H,4-28,31-55H2,1-3H3/b30-29-. The van der Waals surface area contributed by atoms with Crippen LogP contribution < -0.4 is 0 Å². The van der Waals surface area contributed by atoms with E-state index in [4.69, 9.17) is 14.2 Å². The zero-order chi connectivity index (χ0) is 47.2. The lowest BCUT2D eigenvalue weighted by atomic mass is 10.0. The van der Waals surface area contributed by atoms with Gasteiger partial charge in [0.2, 0.25) is 0 Å². The zero-order valence-electron chi connectivity index (χ0n) is 44.0. The third-order valence-corrected chi connectivity index (χ3v) is 13.3. The maximum atomic E-state index is 12.8. The summed E-state index contributed by atoms with van der Waals surface area (Å²) >= 11 is 0. The summed E-state index contributed by atoms with van der Waals surface area (Å²) in [5.74, 6) is -0.845. The van der Waals surface area contributed by atoms with Gasteiger partial charge in [-0.05, 0) is 44.9 Å². The largest absolute Gasteiger partial charge is 0.462 e. The maximum absolute atomic E-state index is 12.8. The fourth-order valence-electron chi connectivity index (χ4n) is 8.85. The first-order valence-corrected chi connectivity index (χ1v) is 29.2. The third kappa shape index (κ3) is 53.0. The molecule has 0 aromatic carbocycles. The summed E-state index contributed by atoms with van der Waals surface area (Å²) in [6.45, 7) is 6.69. The average Bonchev–Trinajstić information content (AvgIpc) is 3.30. The topological polar surface area (TPSA) is 78.9 Å². The van der Waals surface area contributed by atoms with Crippen molar-refractivity contribution in [2.75, 3.05) is 13.2 Å². The summed E-state index contributed by atoms with van der Waals surface area (Å²) in [5.41, 5.74) is 0. The van der Waals surface area contributed by atoms with Crippen LogP contribution in [-0.2, 0) is 28.6 Å². The Kier molecular flexibility index (Phi) is 53.2. The second-order valence-corrected chi connectivity index (χ2v) is 19.9. The van der Waals surface area contributed by atoms with Gasteiger partial charge in [-0.25, -0.2) is 0 Å². The van der Waals surface area contributed by atoms with E-state index in [-0.39, 0.29) is 31.1 Å². The lowest BCUT2D eigenvalue weighted by Gasteiger charge is -2.18. The molecule has 0 N–H and O–H groups in total. The van der Waals surface area contributed by atoms with Crippen molar-refractivity contribution in [1.29, 1.82) is 0 Å². The Balaban J connectivity index is 4.29. The summed E-state index contributed by atoms with van der Waals surface area (Å²) in [4.78, 5) is 38.1. The van der Waals surface area contributed by atoms with Gasteiger partial charge in [0.25, 0.3) is 0 Å². The van der Waals surface area contributed by atoms with E-state index in [1.807, 2.05) is 0 Å². The van der Waals surface area contributed by atoms with Gasteiger partial charge in [0.05, 0.1) is 0 Å². The Morgan fingerprint density at radius 3 is 0.769 bits per heavy atom. The van der Waals surface area contributed by atoms with Crippen LogP contribution in [0.15, 0.2) is 12.2 Å². The molecule has 0 aromatic rings. The van der Waals surface area contributed by atoms with Crippen molar-refractivity contribution in [2.24, 2.45) is 0 Å². The van der Waals surface area contributed by atoms with E-state index in [0.717, 1.165) is 57.8 Å². The molecule has 65 heavy (non-hydrogen) atoms. The normalized spacial score (nSPS) is 12.0. The van der Waals surface area contributed by atoms with Crippen LogP contribution in [-0.4, -0.2) is 37.2 Å². The van der Waals surface area contributed by atoms with E-state index < -0.39 is 6.10 Å². The first-order chi connectivity index (χ1) is 32.0. The van der Waals surface area contributed by atoms with Crippen LogP contribution in [0.5, 0.6) is 0 Å². The van der Waals surface area contributed by atoms with E-state index in [1.54, 1.807) is 0 Å². The van der Waals surface area contributed by atoms with Crippen molar-refractivity contribution in [1.82, 2.24) is 0 Å². The van der Waals surface area contributed by atoms with Crippen molar-refractivity contribution in [3.05, 3.63) is 12.2 Å². The van der Waals surface area contributed by atoms with Crippen molar-refractivity contribution in [2.45, 2.75) is 335 Å². The third-order valence-electron chi connectivity index (χ3n) is 13.3. The number of esters is 3. The minimum absolute atomic E-state index is 0.0652. The monoisotopic (exact) mass is 917 g/mol. The molecular formula is C59H112O6. The van der Waals surface area contributed by atoms with E-state index >= 15 is 0 Å². The molecule has 0 rings (SSSR count). The maximum Gasteiger partial charge on any atom is 0.306 e. The van der Waals surface area contributed by atoms with Gasteiger partial charge in [0.1, 0.15) is 13.2 Å². The predicted molar refractivity (Wildman–Crippen MR) is 280 cm³/mol. The fraction of sp³-hybridized carbons (Fsp3) is 0.915. The van der Waals surface area contributed by atoms with Gasteiger partial charge < -0.3 is 14.2 Å². The quantitative estimate of drug-likeness (QED) is 0.0262. The molecule has 0 aliphatic carbocycles. The number of carbonyl (C=O) groups excluding carboxylic acids is 3. The Labute approximate surface area is 405 Å². The number of carbonyl (C=O) groups is 3. The van der Waals surface area contributed by atoms with Crippen LogP contribution in [0, 0.1) is 0 Å². The molecule has 6 heteroatoms. The number of unbranched alkanes of at least 4 members (excludes halogenated alkanes) is 41. The van der Waals surface area contributed by atoms with Crippen LogP contribution in [0.4, 0.5) is 0 Å². The molecular weight excluding hydrogens is 805 g/mol. The van der Waals surface area contributed by atoms with E-state index in [9.17, 15) is 14.4 Å². The van der Waals surface area contributed by atoms with E-state index in [2.05, 4.69) is 32.9 Å². The summed E-state index contributed by atoms with van der Waals surface area (Å²) in [5, 5.41) is 0. The molecule has 1 unspecified atom stereocenters. The highest BCUT2D eigenvalue weighted by atomic mass is 16.6. The summed E-state index contributed by atoms with van der Waals surface area (Å²) < 4.78 is 16.9. The Bertz CT molecular complexity index is 1010. The van der Waals surface area contributed by atoms with E-state index in [0.29, 0.717) is 19.3 Å². The van der Waals surface area contributed by atoms with Gasteiger partial charge in [-0.1, -0.05) is 277 Å². The molecule has 0 aliphatic rings. The number of rotatable bonds is 54. The van der Waals surface area contributed by atoms with Gasteiger partial charge in [-0.2, -0.15) is 0 Å². The van der Waals surface area contributed by atoms with Gasteiger partial charge >= 0.3 is 17.9 Å². The van der Waals surface area contributed by atoms with Crippen LogP contribution >= 0.6 is 0 Å². The molecule has 1 atom stereocenters. The zero-order valence-corrected chi connectivity index (χ0v) is 44.0. The molecule has 0 fully saturated rings. The molecule has 6 nitrogen and oxygen atoms in total. The Morgan fingerprint density at radius 2 is 0.508 bits per heavy atom. The predicted octanol–water partition coefficient (Wildman–Crippen LogP) is 19.3. The molecule has 0 amide bonds. The van der Waals surface area contributed by atoms with Gasteiger partial charge in [-0.3, -0.25) is 14.4 Å². The number of ether oxygens (including phenoxy) is 3. The number of hydrogen-bond donors (Lipinski definition) is 0. The van der Waals surface area contributed by atoms with Crippen molar-refractivity contribution in [3.63, 3.8) is 0 Å². The molecule has 0 aliphatic heterocycles. The molecule has 0 heterocycles. The second kappa shape index (κ2) is 54.8. The van der Waals surface area contributed by atoms with Crippen molar-refractivity contribution < 1.29 is 28.6 Å². The minimum Gasteiger partial charge on any atom is -0.462 e. The summed E-state index contributed by atoms with van der Waals surface area (Å²) in [6, 6.07) is 0. The second-order valence-electron chi connectivity index (χ2n) is 19.9. The molecule has 0 spiro atoms. The summed E-state index contributed by atoms with van der Waals surface area (Å²) in [6.07, 6.45) is 62.0. The van der Waals surface area contributed by atoms with Crippen LogP contribution in [0.1, 0.15) is 329 Å². The van der Waals surface area contributed by atoms with Crippen molar-refractivity contribution in [3.8, 4) is 0 Å². The molecule has 0 radical (unpaired) electrons. The molecule has 384 valence electrons. The minimum atomic E-state index is -0.765. The molecule has 0 aromatic heterocycles. The summed E-state index contributed by atoms with van der Waals surface area (Å²) in [7, 11) is 0. The lowest BCUT2D eigenvalue weighted by Crippen LogP contribution is -2.30. The van der Waals surface area contributed by atoms with Gasteiger partial charge in [0.15, 0.2) is 6.10 Å². The van der Waals surface area contributed by atoms with Gasteiger partial charge in [-0.15, -0.1) is 0 Å². The van der Waals surface area contributed by atoms with Crippen LogP contribution in [0.2, 0.25) is 0 Å². The highest BCUT2D eigenvalue weighted by Gasteiger charge is 2.19. The molecule has 0 saturated carbocycles. The highest BCUT2D eigenvalue weighted by Crippen LogP contribution is 2.17. The Morgan fingerprint density at radius 1 is 0.292 bits per heavy atom. The average molecular weight is 918 g/mol. The van der Waals surface area contributed by atoms with Gasteiger partial charge in [0, 0.05) is 19.3 Å². The SMILES string of the molecule is CCCCCCCCCC/C=C\CCCCCCCCCC(=O)OCC(COC(=O)CCCCCCCCCCCCCCCC)OC(=O)CCCCCCCCCCCCCCCC.